The summed E-state index contributed by atoms with van der Waals surface area (Å²) in [7, 11) is 0. The number of esters is 1. The zero-order valence-corrected chi connectivity index (χ0v) is 14.5. The summed E-state index contributed by atoms with van der Waals surface area (Å²) < 4.78 is 15.4. The predicted octanol–water partition coefficient (Wildman–Crippen LogP) is 0.807. The molecule has 0 aliphatic carbocycles. The van der Waals surface area contributed by atoms with Crippen molar-refractivity contribution in [1.29, 1.82) is 0 Å². The van der Waals surface area contributed by atoms with E-state index in [1.165, 1.54) is 0 Å². The first-order chi connectivity index (χ1) is 11.4. The maximum atomic E-state index is 11.4. The van der Waals surface area contributed by atoms with E-state index >= 15 is 0 Å². The molecule has 0 rings (SSSR count). The first kappa shape index (κ1) is 22.1. The van der Waals surface area contributed by atoms with Crippen molar-refractivity contribution in [2.45, 2.75) is 26.7 Å². The van der Waals surface area contributed by atoms with Gasteiger partial charge in [-0.1, -0.05) is 6.58 Å². The molecule has 138 valence electrons. The van der Waals surface area contributed by atoms with Gasteiger partial charge in [0.2, 0.25) is 0 Å². The fraction of sp³-hybridized carbons (Fsp3) is 0.688. The summed E-state index contributed by atoms with van der Waals surface area (Å²) in [5.41, 5.74) is 0.319. The molecule has 8 heteroatoms. The summed E-state index contributed by atoms with van der Waals surface area (Å²) in [6, 6.07) is -0.356. The second-order valence-corrected chi connectivity index (χ2v) is 5.13. The molecular weight excluding hydrogens is 316 g/mol. The van der Waals surface area contributed by atoms with Crippen LogP contribution in [-0.4, -0.2) is 63.9 Å². The van der Waals surface area contributed by atoms with Gasteiger partial charge in [0.1, 0.15) is 12.4 Å². The van der Waals surface area contributed by atoms with Crippen LogP contribution < -0.4 is 10.6 Å². The smallest absolute Gasteiger partial charge is 0.333 e. The minimum atomic E-state index is -0.478. The van der Waals surface area contributed by atoms with Crippen LogP contribution in [0.3, 0.4) is 0 Å². The maximum Gasteiger partial charge on any atom is 0.333 e. The first-order valence-electron chi connectivity index (χ1n) is 7.92. The van der Waals surface area contributed by atoms with E-state index in [0.717, 1.165) is 6.42 Å². The number of ether oxygens (including phenoxy) is 3. The molecule has 0 atom stereocenters. The van der Waals surface area contributed by atoms with Gasteiger partial charge < -0.3 is 29.6 Å². The van der Waals surface area contributed by atoms with Crippen LogP contribution in [0.2, 0.25) is 0 Å². The highest BCUT2D eigenvalue weighted by atomic mass is 16.5. The molecule has 0 bridgehead atoms. The van der Waals surface area contributed by atoms with Crippen molar-refractivity contribution in [3.8, 4) is 0 Å². The second-order valence-electron chi connectivity index (χ2n) is 5.13. The van der Waals surface area contributed by atoms with Gasteiger partial charge >= 0.3 is 12.0 Å². The Kier molecular flexibility index (Phi) is 13.5. The molecule has 0 radical (unpaired) electrons. The first-order valence-corrected chi connectivity index (χ1v) is 7.92. The quantitative estimate of drug-likeness (QED) is 0.275. The molecule has 0 fully saturated rings. The fourth-order valence-corrected chi connectivity index (χ4v) is 1.48. The van der Waals surface area contributed by atoms with Crippen LogP contribution in [0.15, 0.2) is 12.2 Å². The lowest BCUT2D eigenvalue weighted by molar-refractivity contribution is -0.138. The Balaban J connectivity index is 3.30. The predicted molar refractivity (Wildman–Crippen MR) is 88.7 cm³/mol. The number of hydrogen-bond donors (Lipinski definition) is 2. The molecule has 0 spiro atoms. The molecule has 0 saturated carbocycles. The Bertz CT molecular complexity index is 411. The highest BCUT2D eigenvalue weighted by Gasteiger charge is 2.03. The molecule has 0 heterocycles. The van der Waals surface area contributed by atoms with Gasteiger partial charge in [-0.3, -0.25) is 0 Å². The maximum absolute atomic E-state index is 11.4. The fourth-order valence-electron chi connectivity index (χ4n) is 1.48. The molecule has 0 aromatic rings. The van der Waals surface area contributed by atoms with Crippen molar-refractivity contribution in [1.82, 2.24) is 10.6 Å². The van der Waals surface area contributed by atoms with Crippen LogP contribution in [0.25, 0.3) is 0 Å². The largest absolute Gasteiger partial charge is 0.460 e. The number of carbonyl (C=O) groups excluding carboxylic acids is 3. The minimum Gasteiger partial charge on any atom is -0.460 e. The van der Waals surface area contributed by atoms with E-state index in [1.54, 1.807) is 13.8 Å². The van der Waals surface area contributed by atoms with Crippen LogP contribution in [0.5, 0.6) is 0 Å². The number of rotatable bonds is 14. The summed E-state index contributed by atoms with van der Waals surface area (Å²) in [5.74, 6) is -0.317. The molecule has 24 heavy (non-hydrogen) atoms. The van der Waals surface area contributed by atoms with E-state index in [9.17, 15) is 14.4 Å². The monoisotopic (exact) mass is 344 g/mol. The standard InChI is InChI=1S/C16H28N2O6/c1-13(2)15(20)24-10-7-18-16(21)17-6-9-23-12-11-22-8-4-5-14(3)19/h1,4-12H2,2-3H3,(H2,17,18,21). The highest BCUT2D eigenvalue weighted by Crippen LogP contribution is 1.91. The normalized spacial score (nSPS) is 10.1. The average Bonchev–Trinajstić information content (AvgIpc) is 2.52. The summed E-state index contributed by atoms with van der Waals surface area (Å²) >= 11 is 0. The van der Waals surface area contributed by atoms with Gasteiger partial charge in [-0.2, -0.15) is 0 Å². The Morgan fingerprint density at radius 1 is 0.875 bits per heavy atom. The van der Waals surface area contributed by atoms with E-state index in [-0.39, 0.29) is 25.0 Å². The van der Waals surface area contributed by atoms with Crippen LogP contribution in [-0.2, 0) is 23.8 Å². The van der Waals surface area contributed by atoms with Crippen molar-refractivity contribution in [2.24, 2.45) is 0 Å². The van der Waals surface area contributed by atoms with Gasteiger partial charge in [-0.15, -0.1) is 0 Å². The van der Waals surface area contributed by atoms with E-state index in [4.69, 9.17) is 14.2 Å². The van der Waals surface area contributed by atoms with E-state index < -0.39 is 5.97 Å². The summed E-state index contributed by atoms with van der Waals surface area (Å²) in [6.07, 6.45) is 1.25. The van der Waals surface area contributed by atoms with E-state index in [1.807, 2.05) is 0 Å². The van der Waals surface area contributed by atoms with Crippen molar-refractivity contribution in [3.63, 3.8) is 0 Å². The number of nitrogens with one attached hydrogen (secondary N) is 2. The third kappa shape index (κ3) is 15.0. The molecule has 0 saturated heterocycles. The number of urea groups is 1. The third-order valence-electron chi connectivity index (χ3n) is 2.69. The number of amides is 2. The lowest BCUT2D eigenvalue weighted by atomic mass is 10.2. The zero-order valence-electron chi connectivity index (χ0n) is 14.5. The van der Waals surface area contributed by atoms with Crippen LogP contribution in [0.4, 0.5) is 4.79 Å². The molecule has 2 N–H and O–H groups in total. The number of Topliss-reactive ketones (excluding diaryl/α,β-unsaturated/α-hetero) is 1. The summed E-state index contributed by atoms with van der Waals surface area (Å²) in [5, 5.41) is 5.15. The van der Waals surface area contributed by atoms with Crippen molar-refractivity contribution < 1.29 is 28.6 Å². The zero-order chi connectivity index (χ0) is 18.2. The lowest BCUT2D eigenvalue weighted by Gasteiger charge is -2.09. The molecule has 0 aromatic carbocycles. The average molecular weight is 344 g/mol. The Morgan fingerprint density at radius 3 is 2.04 bits per heavy atom. The van der Waals surface area contributed by atoms with E-state index in [2.05, 4.69) is 17.2 Å². The molecule has 2 amide bonds. The molecular formula is C16H28N2O6. The van der Waals surface area contributed by atoms with Crippen molar-refractivity contribution in [3.05, 3.63) is 12.2 Å². The SMILES string of the molecule is C=C(C)C(=O)OCCNC(=O)NCCOCCOCCCC(C)=O. The van der Waals surface area contributed by atoms with Crippen molar-refractivity contribution >= 4 is 17.8 Å². The van der Waals surface area contributed by atoms with Gasteiger partial charge in [0.05, 0.1) is 26.4 Å². The number of ketones is 1. The summed E-state index contributed by atoms with van der Waals surface area (Å²) in [6.45, 7) is 9.04. The van der Waals surface area contributed by atoms with Gasteiger partial charge in [0.25, 0.3) is 0 Å². The topological polar surface area (TPSA) is 103 Å². The van der Waals surface area contributed by atoms with Gasteiger partial charge in [0.15, 0.2) is 0 Å². The van der Waals surface area contributed by atoms with Gasteiger partial charge in [-0.25, -0.2) is 9.59 Å². The van der Waals surface area contributed by atoms with Crippen molar-refractivity contribution in [2.75, 3.05) is 46.1 Å². The van der Waals surface area contributed by atoms with E-state index in [0.29, 0.717) is 45.0 Å². The number of carbonyl (C=O) groups is 3. The summed E-state index contributed by atoms with van der Waals surface area (Å²) in [4.78, 5) is 33.2. The second kappa shape index (κ2) is 14.6. The Morgan fingerprint density at radius 2 is 1.46 bits per heavy atom. The lowest BCUT2D eigenvalue weighted by Crippen LogP contribution is -2.39. The third-order valence-corrected chi connectivity index (χ3v) is 2.69. The molecule has 0 aromatic heterocycles. The van der Waals surface area contributed by atoms with Gasteiger partial charge in [-0.05, 0) is 20.3 Å². The number of hydrogen-bond acceptors (Lipinski definition) is 6. The van der Waals surface area contributed by atoms with Crippen LogP contribution in [0.1, 0.15) is 26.7 Å². The Hall–Kier alpha value is -1.93. The van der Waals surface area contributed by atoms with Crippen LogP contribution in [0, 0.1) is 0 Å². The minimum absolute atomic E-state index is 0.0938. The highest BCUT2D eigenvalue weighted by molar-refractivity contribution is 5.86. The molecule has 0 unspecified atom stereocenters. The van der Waals surface area contributed by atoms with Crippen LogP contribution >= 0.6 is 0 Å². The molecule has 0 aliphatic heterocycles. The van der Waals surface area contributed by atoms with Gasteiger partial charge in [0, 0.05) is 25.1 Å². The Labute approximate surface area is 142 Å². The molecule has 8 nitrogen and oxygen atoms in total. The molecule has 0 aliphatic rings.